The summed E-state index contributed by atoms with van der Waals surface area (Å²) in [5, 5.41) is 2.87. The lowest BCUT2D eigenvalue weighted by Gasteiger charge is -2.39. The zero-order chi connectivity index (χ0) is 13.2. The van der Waals surface area contributed by atoms with Gasteiger partial charge in [0.2, 0.25) is 11.8 Å². The maximum Gasteiger partial charge on any atom is 0.245 e. The Labute approximate surface area is 104 Å². The Morgan fingerprint density at radius 1 is 1.29 bits per heavy atom. The van der Waals surface area contributed by atoms with Crippen molar-refractivity contribution < 1.29 is 9.59 Å². The van der Waals surface area contributed by atoms with Crippen LogP contribution in [-0.2, 0) is 9.59 Å². The minimum atomic E-state index is -0.346. The molecule has 0 radical (unpaired) electrons. The highest BCUT2D eigenvalue weighted by Crippen LogP contribution is 2.20. The Morgan fingerprint density at radius 2 is 1.88 bits per heavy atom. The van der Waals surface area contributed by atoms with Gasteiger partial charge in [0.1, 0.15) is 12.1 Å². The largest absolute Gasteiger partial charge is 0.342 e. The van der Waals surface area contributed by atoms with Crippen molar-refractivity contribution in [1.82, 2.24) is 10.2 Å². The molecule has 17 heavy (non-hydrogen) atoms. The highest BCUT2D eigenvalue weighted by molar-refractivity contribution is 5.96. The van der Waals surface area contributed by atoms with Crippen molar-refractivity contribution in [2.24, 2.45) is 11.8 Å². The van der Waals surface area contributed by atoms with E-state index < -0.39 is 0 Å². The number of hydrogen-bond donors (Lipinski definition) is 1. The molecule has 0 saturated carbocycles. The normalized spacial score (nSPS) is 27.3. The van der Waals surface area contributed by atoms with Gasteiger partial charge in [-0.1, -0.05) is 34.1 Å². The third kappa shape index (κ3) is 2.99. The molecule has 1 rings (SSSR count). The molecule has 1 aliphatic rings. The number of hydrogen-bond acceptors (Lipinski definition) is 2. The standard InChI is InChI=1S/C13H24N2O2/c1-6-9(4)11-13(17)15(5)10(7-8(2)3)12(16)14-11/h8-11H,6-7H2,1-5H3,(H,14,16). The Morgan fingerprint density at radius 3 is 2.35 bits per heavy atom. The zero-order valence-electron chi connectivity index (χ0n) is 11.5. The molecular weight excluding hydrogens is 216 g/mol. The van der Waals surface area contributed by atoms with Crippen LogP contribution in [0.1, 0.15) is 40.5 Å². The molecule has 4 heteroatoms. The summed E-state index contributed by atoms with van der Waals surface area (Å²) in [5.41, 5.74) is 0. The summed E-state index contributed by atoms with van der Waals surface area (Å²) in [7, 11) is 1.74. The third-order valence-electron chi connectivity index (χ3n) is 3.59. The average Bonchev–Trinajstić information content (AvgIpc) is 2.28. The van der Waals surface area contributed by atoms with Gasteiger partial charge in [-0.25, -0.2) is 0 Å². The van der Waals surface area contributed by atoms with E-state index in [1.165, 1.54) is 0 Å². The van der Waals surface area contributed by atoms with Crippen molar-refractivity contribution in [3.63, 3.8) is 0 Å². The zero-order valence-corrected chi connectivity index (χ0v) is 11.5. The van der Waals surface area contributed by atoms with Crippen molar-refractivity contribution in [2.75, 3.05) is 7.05 Å². The van der Waals surface area contributed by atoms with Crippen LogP contribution in [0.15, 0.2) is 0 Å². The van der Waals surface area contributed by atoms with Crippen molar-refractivity contribution in [1.29, 1.82) is 0 Å². The van der Waals surface area contributed by atoms with Crippen molar-refractivity contribution in [2.45, 2.75) is 52.6 Å². The Bertz CT molecular complexity index is 302. The van der Waals surface area contributed by atoms with Gasteiger partial charge >= 0.3 is 0 Å². The number of carbonyl (C=O) groups is 2. The molecule has 98 valence electrons. The topological polar surface area (TPSA) is 49.4 Å². The predicted octanol–water partition coefficient (Wildman–Crippen LogP) is 1.40. The second kappa shape index (κ2) is 5.52. The quantitative estimate of drug-likeness (QED) is 0.807. The fourth-order valence-electron chi connectivity index (χ4n) is 2.19. The van der Waals surface area contributed by atoms with Crippen LogP contribution in [0.2, 0.25) is 0 Å². The molecule has 1 heterocycles. The first kappa shape index (κ1) is 14.0. The highest BCUT2D eigenvalue weighted by Gasteiger charge is 2.40. The number of likely N-dealkylation sites (N-methyl/N-ethyl adjacent to an activating group) is 1. The molecular formula is C13H24N2O2. The first-order valence-electron chi connectivity index (χ1n) is 6.45. The maximum absolute atomic E-state index is 12.2. The van der Waals surface area contributed by atoms with E-state index in [0.29, 0.717) is 5.92 Å². The maximum atomic E-state index is 12.2. The molecule has 1 saturated heterocycles. The number of nitrogens with zero attached hydrogens (tertiary/aromatic N) is 1. The van der Waals surface area contributed by atoms with Crippen LogP contribution in [0.4, 0.5) is 0 Å². The van der Waals surface area contributed by atoms with E-state index in [-0.39, 0.29) is 29.8 Å². The molecule has 1 fully saturated rings. The molecule has 0 bridgehead atoms. The number of nitrogens with one attached hydrogen (secondary N) is 1. The molecule has 4 nitrogen and oxygen atoms in total. The van der Waals surface area contributed by atoms with E-state index in [2.05, 4.69) is 19.2 Å². The van der Waals surface area contributed by atoms with Crippen LogP contribution in [-0.4, -0.2) is 35.8 Å². The predicted molar refractivity (Wildman–Crippen MR) is 67.4 cm³/mol. The van der Waals surface area contributed by atoms with Gasteiger partial charge in [-0.05, 0) is 18.3 Å². The minimum Gasteiger partial charge on any atom is -0.342 e. The Kier molecular flexibility index (Phi) is 4.54. The van der Waals surface area contributed by atoms with Crippen LogP contribution in [0, 0.1) is 11.8 Å². The minimum absolute atomic E-state index is 0.00824. The number of carbonyl (C=O) groups excluding carboxylic acids is 2. The summed E-state index contributed by atoms with van der Waals surface area (Å²) in [4.78, 5) is 25.8. The highest BCUT2D eigenvalue weighted by atomic mass is 16.2. The number of amides is 2. The fraction of sp³-hybridized carbons (Fsp3) is 0.846. The molecule has 1 aliphatic heterocycles. The lowest BCUT2D eigenvalue weighted by atomic mass is 9.92. The van der Waals surface area contributed by atoms with E-state index >= 15 is 0 Å². The number of rotatable bonds is 4. The molecule has 0 aromatic heterocycles. The van der Waals surface area contributed by atoms with Crippen LogP contribution < -0.4 is 5.32 Å². The third-order valence-corrected chi connectivity index (χ3v) is 3.59. The Balaban J connectivity index is 2.80. The van der Waals surface area contributed by atoms with Crippen molar-refractivity contribution >= 4 is 11.8 Å². The first-order chi connectivity index (χ1) is 7.88. The first-order valence-corrected chi connectivity index (χ1v) is 6.45. The van der Waals surface area contributed by atoms with Gasteiger partial charge in [-0.2, -0.15) is 0 Å². The van der Waals surface area contributed by atoms with E-state index in [1.807, 2.05) is 13.8 Å². The second-order valence-corrected chi connectivity index (χ2v) is 5.47. The summed E-state index contributed by atoms with van der Waals surface area (Å²) in [6, 6.07) is -0.649. The fourth-order valence-corrected chi connectivity index (χ4v) is 2.19. The van der Waals surface area contributed by atoms with Crippen LogP contribution in [0.5, 0.6) is 0 Å². The van der Waals surface area contributed by atoms with Gasteiger partial charge in [-0.15, -0.1) is 0 Å². The van der Waals surface area contributed by atoms with Crippen molar-refractivity contribution in [3.8, 4) is 0 Å². The van der Waals surface area contributed by atoms with E-state index in [9.17, 15) is 9.59 Å². The molecule has 0 aliphatic carbocycles. The van der Waals surface area contributed by atoms with E-state index in [4.69, 9.17) is 0 Å². The van der Waals surface area contributed by atoms with Gasteiger partial charge in [0.15, 0.2) is 0 Å². The van der Waals surface area contributed by atoms with Gasteiger partial charge in [-0.3, -0.25) is 9.59 Å². The van der Waals surface area contributed by atoms with Crippen LogP contribution >= 0.6 is 0 Å². The molecule has 3 atom stereocenters. The molecule has 0 spiro atoms. The monoisotopic (exact) mass is 240 g/mol. The van der Waals surface area contributed by atoms with Gasteiger partial charge in [0.25, 0.3) is 0 Å². The van der Waals surface area contributed by atoms with Gasteiger partial charge < -0.3 is 10.2 Å². The number of piperazine rings is 1. The smallest absolute Gasteiger partial charge is 0.245 e. The SMILES string of the molecule is CCC(C)C1NC(=O)C(CC(C)C)N(C)C1=O. The summed E-state index contributed by atoms with van der Waals surface area (Å²) in [5.74, 6) is 0.630. The molecule has 3 unspecified atom stereocenters. The van der Waals surface area contributed by atoms with Gasteiger partial charge in [0, 0.05) is 7.05 Å². The molecule has 0 aromatic rings. The van der Waals surface area contributed by atoms with E-state index in [1.54, 1.807) is 11.9 Å². The molecule has 2 amide bonds. The van der Waals surface area contributed by atoms with Crippen LogP contribution in [0.3, 0.4) is 0 Å². The second-order valence-electron chi connectivity index (χ2n) is 5.47. The lowest BCUT2D eigenvalue weighted by Crippen LogP contribution is -2.63. The van der Waals surface area contributed by atoms with Crippen molar-refractivity contribution in [3.05, 3.63) is 0 Å². The van der Waals surface area contributed by atoms with Crippen LogP contribution in [0.25, 0.3) is 0 Å². The average molecular weight is 240 g/mol. The summed E-state index contributed by atoms with van der Waals surface area (Å²) < 4.78 is 0. The summed E-state index contributed by atoms with van der Waals surface area (Å²) in [6.07, 6.45) is 1.61. The van der Waals surface area contributed by atoms with Gasteiger partial charge in [0.05, 0.1) is 0 Å². The Hall–Kier alpha value is -1.06. The summed E-state index contributed by atoms with van der Waals surface area (Å²) >= 11 is 0. The van der Waals surface area contributed by atoms with E-state index in [0.717, 1.165) is 12.8 Å². The lowest BCUT2D eigenvalue weighted by molar-refractivity contribution is -0.149. The molecule has 0 aromatic carbocycles. The molecule has 1 N–H and O–H groups in total. The summed E-state index contributed by atoms with van der Waals surface area (Å²) in [6.45, 7) is 8.16.